The summed E-state index contributed by atoms with van der Waals surface area (Å²) in [5.74, 6) is -4.42. The zero-order chi connectivity index (χ0) is 20.7. The molecule has 0 aromatic carbocycles. The number of carbonyl (C=O) groups excluding carboxylic acids is 5. The third-order valence-electron chi connectivity index (χ3n) is 0.759. The molecule has 0 aromatic heterocycles. The van der Waals surface area contributed by atoms with Crippen molar-refractivity contribution in [3.05, 3.63) is 0 Å². The molecule has 11 heteroatoms. The van der Waals surface area contributed by atoms with E-state index in [1.807, 2.05) is 13.8 Å². The van der Waals surface area contributed by atoms with Gasteiger partial charge in [0.15, 0.2) is 0 Å². The first-order valence-electron chi connectivity index (χ1n) is 6.60. The van der Waals surface area contributed by atoms with Crippen LogP contribution in [-0.2, 0) is 50.4 Å². The standard InChI is InChI=1S/C6H12O2.4C2H4O2.Ti/c1-3-5-6(7)8-4-2;4*1-2(3)4;/h3-5H2,1-2H3;4*1H3,(H,3,4);/q;;;;;+4/p-4. The minimum Gasteiger partial charge on any atom is -0.550 e. The monoisotopic (exact) mass is 400 g/mol. The average molecular weight is 400 g/mol. The summed E-state index contributed by atoms with van der Waals surface area (Å²) in [6.45, 7) is 8.16. The maximum atomic E-state index is 10.4. The molecule has 0 heterocycles. The smallest absolute Gasteiger partial charge is 0.550 e. The maximum Gasteiger partial charge on any atom is 4.00 e. The Kier molecular flexibility index (Phi) is 51.9. The van der Waals surface area contributed by atoms with Crippen molar-refractivity contribution in [2.45, 2.75) is 54.4 Å². The van der Waals surface area contributed by atoms with Crippen molar-refractivity contribution in [2.75, 3.05) is 6.61 Å². The van der Waals surface area contributed by atoms with Gasteiger partial charge >= 0.3 is 27.7 Å². The normalized spacial score (nSPS) is 6.80. The molecular weight excluding hydrogens is 376 g/mol. The van der Waals surface area contributed by atoms with Gasteiger partial charge in [-0.1, -0.05) is 6.92 Å². The number of carboxylic acid groups (broad SMARTS) is 4. The summed E-state index contributed by atoms with van der Waals surface area (Å²) < 4.78 is 4.64. The van der Waals surface area contributed by atoms with Gasteiger partial charge < -0.3 is 44.3 Å². The molecule has 0 spiro atoms. The van der Waals surface area contributed by atoms with Gasteiger partial charge in [-0.05, 0) is 41.0 Å². The second-order valence-corrected chi connectivity index (χ2v) is 3.52. The summed E-state index contributed by atoms with van der Waals surface area (Å²) in [6, 6.07) is 0. The van der Waals surface area contributed by atoms with Crippen LogP contribution in [0, 0.1) is 0 Å². The summed E-state index contributed by atoms with van der Waals surface area (Å²) in [4.78, 5) is 46.0. The van der Waals surface area contributed by atoms with E-state index in [0.717, 1.165) is 34.1 Å². The number of aliphatic carboxylic acids is 4. The van der Waals surface area contributed by atoms with Crippen LogP contribution in [-0.4, -0.2) is 36.5 Å². The fourth-order valence-electron chi connectivity index (χ4n) is 0.437. The molecule has 25 heavy (non-hydrogen) atoms. The summed E-state index contributed by atoms with van der Waals surface area (Å²) in [5, 5.41) is 35.6. The zero-order valence-electron chi connectivity index (χ0n) is 15.2. The van der Waals surface area contributed by atoms with Crippen LogP contribution in [0.15, 0.2) is 0 Å². The van der Waals surface area contributed by atoms with Gasteiger partial charge in [0.2, 0.25) is 0 Å². The van der Waals surface area contributed by atoms with E-state index in [2.05, 4.69) is 4.74 Å². The van der Waals surface area contributed by atoms with Crippen molar-refractivity contribution in [1.29, 1.82) is 0 Å². The first kappa shape index (κ1) is 38.6. The number of rotatable bonds is 3. The molecule has 0 aliphatic heterocycles. The van der Waals surface area contributed by atoms with E-state index in [1.165, 1.54) is 0 Å². The Balaban J connectivity index is -0.0000000467. The third kappa shape index (κ3) is 538. The van der Waals surface area contributed by atoms with Gasteiger partial charge in [-0.2, -0.15) is 0 Å². The molecule has 0 fully saturated rings. The van der Waals surface area contributed by atoms with Crippen LogP contribution < -0.4 is 20.4 Å². The molecular formula is C14H24O10Ti. The van der Waals surface area contributed by atoms with Gasteiger partial charge in [-0.25, -0.2) is 0 Å². The minimum atomic E-state index is -1.08. The number of carboxylic acids is 4. The molecule has 0 radical (unpaired) electrons. The second kappa shape index (κ2) is 33.6. The van der Waals surface area contributed by atoms with Crippen LogP contribution in [0.25, 0.3) is 0 Å². The second-order valence-electron chi connectivity index (χ2n) is 3.52. The number of esters is 1. The van der Waals surface area contributed by atoms with Crippen molar-refractivity contribution in [3.8, 4) is 0 Å². The van der Waals surface area contributed by atoms with Gasteiger partial charge in [0.25, 0.3) is 0 Å². The topological polar surface area (TPSA) is 187 Å². The molecule has 0 bridgehead atoms. The average Bonchev–Trinajstić information content (AvgIpc) is 2.25. The molecule has 144 valence electrons. The van der Waals surface area contributed by atoms with Crippen LogP contribution in [0.5, 0.6) is 0 Å². The molecule has 0 N–H and O–H groups in total. The van der Waals surface area contributed by atoms with Gasteiger partial charge in [-0.15, -0.1) is 0 Å². The van der Waals surface area contributed by atoms with Crippen molar-refractivity contribution in [2.24, 2.45) is 0 Å². The Morgan fingerprint density at radius 3 is 1.00 bits per heavy atom. The van der Waals surface area contributed by atoms with Crippen molar-refractivity contribution >= 4 is 29.8 Å². The number of carbonyl (C=O) groups is 5. The Morgan fingerprint density at radius 1 is 0.680 bits per heavy atom. The summed E-state index contributed by atoms with van der Waals surface area (Å²) >= 11 is 0. The zero-order valence-corrected chi connectivity index (χ0v) is 16.8. The largest absolute Gasteiger partial charge is 4.00 e. The van der Waals surface area contributed by atoms with E-state index < -0.39 is 23.9 Å². The Morgan fingerprint density at radius 2 is 0.880 bits per heavy atom. The van der Waals surface area contributed by atoms with E-state index in [0.29, 0.717) is 13.0 Å². The first-order chi connectivity index (χ1) is 10.7. The van der Waals surface area contributed by atoms with Crippen LogP contribution in [0.2, 0.25) is 0 Å². The van der Waals surface area contributed by atoms with Crippen LogP contribution in [0.3, 0.4) is 0 Å². The Bertz CT molecular complexity index is 284. The quantitative estimate of drug-likeness (QED) is 0.338. The maximum absolute atomic E-state index is 10.4. The van der Waals surface area contributed by atoms with Gasteiger partial charge in [-0.3, -0.25) is 4.79 Å². The summed E-state index contributed by atoms with van der Waals surface area (Å²) in [7, 11) is 0. The molecule has 10 nitrogen and oxygen atoms in total. The predicted octanol–water partition coefficient (Wildman–Crippen LogP) is -3.63. The van der Waals surface area contributed by atoms with E-state index >= 15 is 0 Å². The molecule has 0 aliphatic rings. The van der Waals surface area contributed by atoms with Gasteiger partial charge in [0, 0.05) is 30.3 Å². The van der Waals surface area contributed by atoms with Crippen LogP contribution >= 0.6 is 0 Å². The SMILES string of the molecule is CC(=O)[O-].CC(=O)[O-].CC(=O)[O-].CC(=O)[O-].CCCC(=O)OCC.[Ti+4]. The Labute approximate surface area is 162 Å². The fourth-order valence-corrected chi connectivity index (χ4v) is 0.437. The molecule has 0 aromatic rings. The van der Waals surface area contributed by atoms with Crippen LogP contribution in [0.4, 0.5) is 0 Å². The van der Waals surface area contributed by atoms with Crippen molar-refractivity contribution in [3.63, 3.8) is 0 Å². The molecule has 0 rings (SSSR count). The predicted molar refractivity (Wildman–Crippen MR) is 74.3 cm³/mol. The molecule has 0 atom stereocenters. The number of ether oxygens (including phenoxy) is 1. The fraction of sp³-hybridized carbons (Fsp3) is 0.643. The van der Waals surface area contributed by atoms with Gasteiger partial charge in [0.1, 0.15) is 0 Å². The van der Waals surface area contributed by atoms with Gasteiger partial charge in [0.05, 0.1) is 6.61 Å². The molecule has 0 saturated heterocycles. The van der Waals surface area contributed by atoms with E-state index in [4.69, 9.17) is 39.6 Å². The Hall–Kier alpha value is -1.94. The summed E-state index contributed by atoms with van der Waals surface area (Å²) in [6.07, 6.45) is 1.42. The van der Waals surface area contributed by atoms with E-state index in [9.17, 15) is 4.79 Å². The van der Waals surface area contributed by atoms with Crippen molar-refractivity contribution < 1.29 is 70.9 Å². The molecule has 0 amide bonds. The first-order valence-corrected chi connectivity index (χ1v) is 6.60. The van der Waals surface area contributed by atoms with E-state index in [-0.39, 0.29) is 27.7 Å². The molecule has 0 aliphatic carbocycles. The third-order valence-corrected chi connectivity index (χ3v) is 0.759. The molecule has 0 saturated carbocycles. The number of hydrogen-bond donors (Lipinski definition) is 0. The van der Waals surface area contributed by atoms with Crippen molar-refractivity contribution in [1.82, 2.24) is 0 Å². The van der Waals surface area contributed by atoms with E-state index in [1.54, 1.807) is 0 Å². The summed E-state index contributed by atoms with van der Waals surface area (Å²) in [5.41, 5.74) is 0. The molecule has 0 unspecified atom stereocenters. The van der Waals surface area contributed by atoms with Crippen LogP contribution in [0.1, 0.15) is 54.4 Å². The number of hydrogen-bond acceptors (Lipinski definition) is 10. The minimum absolute atomic E-state index is 0.